The van der Waals surface area contributed by atoms with Crippen LogP contribution in [-0.2, 0) is 12.8 Å². The Kier molecular flexibility index (Phi) is 7.68. The minimum absolute atomic E-state index is 0.271. The largest absolute Gasteiger partial charge is 0.415 e. The van der Waals surface area contributed by atoms with Gasteiger partial charge in [0.15, 0.2) is 0 Å². The number of carbonyl (C=O) groups excluding carboxylic acids is 1. The maximum absolute atomic E-state index is 12.6. The number of hydrogen-bond donors (Lipinski definition) is 0. The first-order valence-electron chi connectivity index (χ1n) is 11.7. The third-order valence-corrected chi connectivity index (χ3v) is 6.10. The standard InChI is InChI=1S/C27H32N4O2/c1-21-6-4-14-28-26(21)20-23-10-12-25(13-11-23)33-27(32)31-18-16-30(17-19-31)15-5-9-24-8-3-7-22(2)29-24/h3-4,6-8,10-14H,5,9,15-20H2,1-2H3. The van der Waals surface area contributed by atoms with Crippen molar-refractivity contribution in [3.05, 3.63) is 89.0 Å². The van der Waals surface area contributed by atoms with E-state index in [0.717, 1.165) is 61.5 Å². The quantitative estimate of drug-likeness (QED) is 0.539. The molecule has 1 saturated heterocycles. The summed E-state index contributed by atoms with van der Waals surface area (Å²) in [4.78, 5) is 25.8. The van der Waals surface area contributed by atoms with Crippen LogP contribution in [0.1, 0.15) is 34.6 Å². The summed E-state index contributed by atoms with van der Waals surface area (Å²) >= 11 is 0. The van der Waals surface area contributed by atoms with Crippen LogP contribution in [-0.4, -0.2) is 58.6 Å². The van der Waals surface area contributed by atoms with Gasteiger partial charge in [-0.05, 0) is 74.7 Å². The zero-order chi connectivity index (χ0) is 23.0. The number of nitrogens with zero attached hydrogens (tertiary/aromatic N) is 4. The number of aryl methyl sites for hydroxylation is 3. The highest BCUT2D eigenvalue weighted by Gasteiger charge is 2.22. The van der Waals surface area contributed by atoms with Gasteiger partial charge in [0.05, 0.1) is 0 Å². The molecule has 0 bridgehead atoms. The van der Waals surface area contributed by atoms with Crippen molar-refractivity contribution in [2.75, 3.05) is 32.7 Å². The van der Waals surface area contributed by atoms with E-state index in [4.69, 9.17) is 4.74 Å². The number of ether oxygens (including phenoxy) is 1. The van der Waals surface area contributed by atoms with Gasteiger partial charge >= 0.3 is 6.09 Å². The summed E-state index contributed by atoms with van der Waals surface area (Å²) in [6.45, 7) is 8.25. The van der Waals surface area contributed by atoms with Gasteiger partial charge in [-0.15, -0.1) is 0 Å². The van der Waals surface area contributed by atoms with Gasteiger partial charge in [0, 0.05) is 55.9 Å². The molecule has 3 aromatic rings. The average molecular weight is 445 g/mol. The van der Waals surface area contributed by atoms with E-state index in [2.05, 4.69) is 40.0 Å². The second-order valence-electron chi connectivity index (χ2n) is 8.66. The summed E-state index contributed by atoms with van der Waals surface area (Å²) in [5, 5.41) is 0. The lowest BCUT2D eigenvalue weighted by molar-refractivity contribution is 0.110. The zero-order valence-electron chi connectivity index (χ0n) is 19.5. The van der Waals surface area contributed by atoms with E-state index in [1.165, 1.54) is 5.56 Å². The second-order valence-corrected chi connectivity index (χ2v) is 8.66. The lowest BCUT2D eigenvalue weighted by Crippen LogP contribution is -2.49. The highest BCUT2D eigenvalue weighted by atomic mass is 16.6. The highest BCUT2D eigenvalue weighted by Crippen LogP contribution is 2.17. The topological polar surface area (TPSA) is 58.6 Å². The number of carbonyl (C=O) groups is 1. The lowest BCUT2D eigenvalue weighted by Gasteiger charge is -2.34. The zero-order valence-corrected chi connectivity index (χ0v) is 19.5. The minimum Gasteiger partial charge on any atom is -0.410 e. The second kappa shape index (κ2) is 11.1. The number of rotatable bonds is 7. The van der Waals surface area contributed by atoms with Gasteiger partial charge in [0.2, 0.25) is 0 Å². The summed E-state index contributed by atoms with van der Waals surface area (Å²) < 4.78 is 5.61. The average Bonchev–Trinajstić information content (AvgIpc) is 2.82. The van der Waals surface area contributed by atoms with E-state index in [9.17, 15) is 4.79 Å². The van der Waals surface area contributed by atoms with E-state index >= 15 is 0 Å². The molecule has 0 aliphatic carbocycles. The van der Waals surface area contributed by atoms with Crippen LogP contribution < -0.4 is 4.74 Å². The molecular formula is C27H32N4O2. The van der Waals surface area contributed by atoms with Crippen molar-refractivity contribution < 1.29 is 9.53 Å². The normalized spacial score (nSPS) is 14.3. The van der Waals surface area contributed by atoms with Crippen LogP contribution in [0.5, 0.6) is 5.75 Å². The molecule has 0 spiro atoms. The van der Waals surface area contributed by atoms with Crippen molar-refractivity contribution in [3.8, 4) is 5.75 Å². The predicted octanol–water partition coefficient (Wildman–Crippen LogP) is 4.43. The van der Waals surface area contributed by atoms with E-state index < -0.39 is 0 Å². The van der Waals surface area contributed by atoms with Gasteiger partial charge in [-0.2, -0.15) is 0 Å². The van der Waals surface area contributed by atoms with Gasteiger partial charge in [0.25, 0.3) is 0 Å². The third kappa shape index (κ3) is 6.62. The molecule has 33 heavy (non-hydrogen) atoms. The molecule has 4 rings (SSSR count). The fourth-order valence-corrected chi connectivity index (χ4v) is 4.11. The van der Waals surface area contributed by atoms with Gasteiger partial charge in [-0.3, -0.25) is 14.9 Å². The maximum Gasteiger partial charge on any atom is 0.415 e. The molecule has 0 N–H and O–H groups in total. The SMILES string of the molecule is Cc1cccc(CCCN2CCN(C(=O)Oc3ccc(Cc4ncccc4C)cc3)CC2)n1. The monoisotopic (exact) mass is 444 g/mol. The number of hydrogen-bond acceptors (Lipinski definition) is 5. The van der Waals surface area contributed by atoms with Crippen molar-refractivity contribution in [1.82, 2.24) is 19.8 Å². The van der Waals surface area contributed by atoms with E-state index in [1.54, 1.807) is 4.90 Å². The first kappa shape index (κ1) is 22.9. The Labute approximate surface area is 196 Å². The molecule has 6 nitrogen and oxygen atoms in total. The van der Waals surface area contributed by atoms with Crippen LogP contribution in [0.3, 0.4) is 0 Å². The Morgan fingerprint density at radius 3 is 2.48 bits per heavy atom. The Hall–Kier alpha value is -3.25. The van der Waals surface area contributed by atoms with E-state index in [0.29, 0.717) is 18.8 Å². The van der Waals surface area contributed by atoms with Crippen LogP contribution in [0.25, 0.3) is 0 Å². The van der Waals surface area contributed by atoms with Crippen molar-refractivity contribution >= 4 is 6.09 Å². The van der Waals surface area contributed by atoms with Gasteiger partial charge in [-0.1, -0.05) is 24.3 Å². The number of amides is 1. The van der Waals surface area contributed by atoms with Crippen LogP contribution >= 0.6 is 0 Å². The fourth-order valence-electron chi connectivity index (χ4n) is 4.11. The Morgan fingerprint density at radius 1 is 0.970 bits per heavy atom. The number of aromatic nitrogens is 2. The molecule has 0 atom stereocenters. The first-order chi connectivity index (χ1) is 16.1. The minimum atomic E-state index is -0.271. The molecule has 1 fully saturated rings. The van der Waals surface area contributed by atoms with Crippen molar-refractivity contribution in [3.63, 3.8) is 0 Å². The molecule has 1 amide bonds. The fraction of sp³-hybridized carbons (Fsp3) is 0.370. The summed E-state index contributed by atoms with van der Waals surface area (Å²) in [5.74, 6) is 0.578. The summed E-state index contributed by atoms with van der Waals surface area (Å²) in [7, 11) is 0. The van der Waals surface area contributed by atoms with Gasteiger partial charge in [-0.25, -0.2) is 4.79 Å². The van der Waals surface area contributed by atoms with Crippen LogP contribution in [0.15, 0.2) is 60.8 Å². The summed E-state index contributed by atoms with van der Waals surface area (Å²) in [6.07, 6.45) is 4.37. The summed E-state index contributed by atoms with van der Waals surface area (Å²) in [5.41, 5.74) is 5.61. The molecule has 0 radical (unpaired) electrons. The third-order valence-electron chi connectivity index (χ3n) is 6.10. The van der Waals surface area contributed by atoms with Gasteiger partial charge in [0.1, 0.15) is 5.75 Å². The van der Waals surface area contributed by atoms with Crippen LogP contribution in [0.2, 0.25) is 0 Å². The lowest BCUT2D eigenvalue weighted by atomic mass is 10.1. The molecule has 3 heterocycles. The molecule has 0 saturated carbocycles. The smallest absolute Gasteiger partial charge is 0.410 e. The maximum atomic E-state index is 12.6. The van der Waals surface area contributed by atoms with Crippen LogP contribution in [0, 0.1) is 13.8 Å². The molecule has 6 heteroatoms. The molecule has 0 unspecified atom stereocenters. The number of pyridine rings is 2. The van der Waals surface area contributed by atoms with E-state index in [-0.39, 0.29) is 6.09 Å². The Balaban J connectivity index is 1.19. The Morgan fingerprint density at radius 2 is 1.76 bits per heavy atom. The molecule has 1 aromatic carbocycles. The molecule has 1 aliphatic rings. The van der Waals surface area contributed by atoms with Crippen molar-refractivity contribution in [2.45, 2.75) is 33.1 Å². The summed E-state index contributed by atoms with van der Waals surface area (Å²) in [6, 6.07) is 17.9. The number of piperazine rings is 1. The first-order valence-corrected chi connectivity index (χ1v) is 11.7. The van der Waals surface area contributed by atoms with Crippen LogP contribution in [0.4, 0.5) is 4.79 Å². The molecular weight excluding hydrogens is 412 g/mol. The van der Waals surface area contributed by atoms with E-state index in [1.807, 2.05) is 49.5 Å². The highest BCUT2D eigenvalue weighted by molar-refractivity contribution is 5.70. The predicted molar refractivity (Wildman–Crippen MR) is 130 cm³/mol. The Bertz CT molecular complexity index is 1060. The molecule has 172 valence electrons. The molecule has 2 aromatic heterocycles. The number of benzene rings is 1. The van der Waals surface area contributed by atoms with Crippen molar-refractivity contribution in [2.24, 2.45) is 0 Å². The van der Waals surface area contributed by atoms with Gasteiger partial charge < -0.3 is 9.64 Å². The van der Waals surface area contributed by atoms with Crippen molar-refractivity contribution in [1.29, 1.82) is 0 Å². The molecule has 1 aliphatic heterocycles.